The summed E-state index contributed by atoms with van der Waals surface area (Å²) in [6, 6.07) is 19.0. The van der Waals surface area contributed by atoms with Crippen LogP contribution in [0.25, 0.3) is 20.3 Å². The van der Waals surface area contributed by atoms with E-state index in [1.807, 2.05) is 28.8 Å². The van der Waals surface area contributed by atoms with Crippen molar-refractivity contribution >= 4 is 49.3 Å². The molecule has 2 aromatic heterocycles. The molecule has 6 nitrogen and oxygen atoms in total. The zero-order chi connectivity index (χ0) is 25.2. The first-order chi connectivity index (χ1) is 18.2. The van der Waals surface area contributed by atoms with Crippen LogP contribution in [-0.4, -0.2) is 45.2 Å². The number of aromatic nitrogens is 2. The van der Waals surface area contributed by atoms with Crippen LogP contribution in [0.2, 0.25) is 0 Å². The molecule has 1 saturated heterocycles. The fourth-order valence-electron chi connectivity index (χ4n) is 5.70. The molecule has 1 aliphatic carbocycles. The third kappa shape index (κ3) is 5.33. The summed E-state index contributed by atoms with van der Waals surface area (Å²) in [5.74, 6) is 0.314. The summed E-state index contributed by atoms with van der Waals surface area (Å²) in [5, 5.41) is 4.86. The SMILES string of the molecule is O=C(CSc1nc2c(sc3ccccc32)c(=O)n1C1CCN(Cc2ccccc2)CC1)NC1CCCC1. The number of piperidine rings is 1. The number of benzene rings is 2. The number of likely N-dealkylation sites (tertiary alicyclic amines) is 1. The first-order valence-electron chi connectivity index (χ1n) is 13.3. The Morgan fingerprint density at radius 2 is 1.73 bits per heavy atom. The van der Waals surface area contributed by atoms with Crippen LogP contribution in [0.1, 0.15) is 50.1 Å². The maximum absolute atomic E-state index is 13.9. The van der Waals surface area contributed by atoms with Gasteiger partial charge >= 0.3 is 0 Å². The Kier molecular flexibility index (Phi) is 7.31. The Hall–Kier alpha value is -2.68. The van der Waals surface area contributed by atoms with Crippen molar-refractivity contribution in [1.29, 1.82) is 0 Å². The van der Waals surface area contributed by atoms with Gasteiger partial charge in [0.05, 0.1) is 11.3 Å². The average Bonchev–Trinajstić information content (AvgIpc) is 3.57. The molecule has 0 atom stereocenters. The lowest BCUT2D eigenvalue weighted by molar-refractivity contribution is -0.119. The fourth-order valence-corrected chi connectivity index (χ4v) is 7.65. The van der Waals surface area contributed by atoms with Gasteiger partial charge in [0.15, 0.2) is 5.16 Å². The van der Waals surface area contributed by atoms with Gasteiger partial charge in [-0.05, 0) is 37.3 Å². The summed E-state index contributed by atoms with van der Waals surface area (Å²) in [7, 11) is 0. The second-order valence-corrected chi connectivity index (χ2v) is 12.2. The van der Waals surface area contributed by atoms with Crippen LogP contribution in [0, 0.1) is 0 Å². The number of carbonyl (C=O) groups is 1. The summed E-state index contributed by atoms with van der Waals surface area (Å²) in [4.78, 5) is 34.2. The molecule has 4 aromatic rings. The Bertz CT molecular complexity index is 1450. The number of thioether (sulfide) groups is 1. The van der Waals surface area contributed by atoms with Crippen molar-refractivity contribution in [3.05, 3.63) is 70.5 Å². The molecule has 2 aromatic carbocycles. The number of hydrogen-bond donors (Lipinski definition) is 1. The molecule has 2 fully saturated rings. The van der Waals surface area contributed by atoms with Gasteiger partial charge in [0.1, 0.15) is 4.70 Å². The van der Waals surface area contributed by atoms with E-state index in [-0.39, 0.29) is 23.3 Å². The molecule has 0 unspecified atom stereocenters. The summed E-state index contributed by atoms with van der Waals surface area (Å²) >= 11 is 2.94. The quantitative estimate of drug-likeness (QED) is 0.248. The summed E-state index contributed by atoms with van der Waals surface area (Å²) in [5.41, 5.74) is 2.12. The minimum Gasteiger partial charge on any atom is -0.353 e. The second kappa shape index (κ2) is 11.0. The maximum Gasteiger partial charge on any atom is 0.272 e. The zero-order valence-corrected chi connectivity index (χ0v) is 22.5. The minimum absolute atomic E-state index is 0.0330. The van der Waals surface area contributed by atoms with E-state index in [0.717, 1.165) is 60.9 Å². The first kappa shape index (κ1) is 24.6. The molecule has 1 saturated carbocycles. The normalized spacial score (nSPS) is 17.6. The standard InChI is InChI=1S/C29H32N4O2S2/c34-25(30-21-10-4-5-11-21)19-36-29-31-26-23-12-6-7-13-24(23)37-27(26)28(35)33(29)22-14-16-32(17-15-22)18-20-8-2-1-3-9-20/h1-3,6-9,12-13,21-22H,4-5,10-11,14-19H2,(H,30,34). The number of nitrogens with zero attached hydrogens (tertiary/aromatic N) is 3. The monoisotopic (exact) mass is 532 g/mol. The third-order valence-electron chi connectivity index (χ3n) is 7.62. The third-order valence-corrected chi connectivity index (χ3v) is 9.72. The van der Waals surface area contributed by atoms with Crippen molar-refractivity contribution < 1.29 is 4.79 Å². The van der Waals surface area contributed by atoms with Crippen molar-refractivity contribution in [2.75, 3.05) is 18.8 Å². The molecule has 1 N–H and O–H groups in total. The predicted octanol–water partition coefficient (Wildman–Crippen LogP) is 5.60. The largest absolute Gasteiger partial charge is 0.353 e. The molecule has 6 rings (SSSR count). The van der Waals surface area contributed by atoms with E-state index in [9.17, 15) is 9.59 Å². The molecule has 2 aliphatic rings. The molecule has 192 valence electrons. The van der Waals surface area contributed by atoms with Crippen LogP contribution in [0.5, 0.6) is 0 Å². The van der Waals surface area contributed by atoms with Crippen LogP contribution in [0.3, 0.4) is 0 Å². The highest BCUT2D eigenvalue weighted by atomic mass is 32.2. The Morgan fingerprint density at radius 1 is 1.00 bits per heavy atom. The average molecular weight is 533 g/mol. The van der Waals surface area contributed by atoms with Gasteiger partial charge in [-0.15, -0.1) is 11.3 Å². The fraction of sp³-hybridized carbons (Fsp3) is 0.414. The number of nitrogens with one attached hydrogen (secondary N) is 1. The summed E-state index contributed by atoms with van der Waals surface area (Å²) in [6.45, 7) is 2.80. The van der Waals surface area contributed by atoms with Gasteiger partial charge in [-0.3, -0.25) is 19.1 Å². The van der Waals surface area contributed by atoms with Crippen LogP contribution in [-0.2, 0) is 11.3 Å². The van der Waals surface area contributed by atoms with Crippen molar-refractivity contribution in [2.45, 2.75) is 62.3 Å². The Morgan fingerprint density at radius 3 is 2.51 bits per heavy atom. The molecule has 0 bridgehead atoms. The lowest BCUT2D eigenvalue weighted by Gasteiger charge is -2.33. The molecule has 0 spiro atoms. The number of amides is 1. The highest BCUT2D eigenvalue weighted by molar-refractivity contribution is 7.99. The van der Waals surface area contributed by atoms with Gasteiger partial charge in [-0.25, -0.2) is 4.98 Å². The molecule has 1 amide bonds. The topological polar surface area (TPSA) is 67.2 Å². The molecule has 3 heterocycles. The van der Waals surface area contributed by atoms with E-state index in [0.29, 0.717) is 15.9 Å². The summed E-state index contributed by atoms with van der Waals surface area (Å²) < 4.78 is 3.70. The maximum atomic E-state index is 13.9. The van der Waals surface area contributed by atoms with E-state index < -0.39 is 0 Å². The van der Waals surface area contributed by atoms with Crippen LogP contribution in [0.15, 0.2) is 64.5 Å². The van der Waals surface area contributed by atoms with E-state index in [4.69, 9.17) is 4.98 Å². The molecule has 0 radical (unpaired) electrons. The van der Waals surface area contributed by atoms with Crippen molar-refractivity contribution in [1.82, 2.24) is 19.8 Å². The van der Waals surface area contributed by atoms with Gasteiger partial charge in [0, 0.05) is 41.8 Å². The lowest BCUT2D eigenvalue weighted by Crippen LogP contribution is -2.38. The highest BCUT2D eigenvalue weighted by Gasteiger charge is 2.27. The number of rotatable bonds is 7. The molecular formula is C29H32N4O2S2. The van der Waals surface area contributed by atoms with Gasteiger partial charge in [0.2, 0.25) is 5.91 Å². The summed E-state index contributed by atoms with van der Waals surface area (Å²) in [6.07, 6.45) is 6.29. The highest BCUT2D eigenvalue weighted by Crippen LogP contribution is 2.34. The van der Waals surface area contributed by atoms with Crippen LogP contribution >= 0.6 is 23.1 Å². The molecular weight excluding hydrogens is 500 g/mol. The van der Waals surface area contributed by atoms with Gasteiger partial charge in [-0.2, -0.15) is 0 Å². The second-order valence-electron chi connectivity index (χ2n) is 10.2. The van der Waals surface area contributed by atoms with Gasteiger partial charge in [-0.1, -0.05) is 73.1 Å². The van der Waals surface area contributed by atoms with Crippen molar-refractivity contribution in [3.63, 3.8) is 0 Å². The van der Waals surface area contributed by atoms with Gasteiger partial charge in [0.25, 0.3) is 5.56 Å². The number of fused-ring (bicyclic) bond motifs is 3. The van der Waals surface area contributed by atoms with Gasteiger partial charge < -0.3 is 5.32 Å². The smallest absolute Gasteiger partial charge is 0.272 e. The Labute approximate surface area is 225 Å². The first-order valence-corrected chi connectivity index (χ1v) is 15.1. The lowest BCUT2D eigenvalue weighted by atomic mass is 10.0. The molecule has 1 aliphatic heterocycles. The van der Waals surface area contributed by atoms with Crippen molar-refractivity contribution in [2.24, 2.45) is 0 Å². The number of hydrogen-bond acceptors (Lipinski definition) is 6. The molecule has 37 heavy (non-hydrogen) atoms. The number of carbonyl (C=O) groups excluding carboxylic acids is 1. The molecule has 8 heteroatoms. The van der Waals surface area contributed by atoms with Crippen LogP contribution in [0.4, 0.5) is 0 Å². The van der Waals surface area contributed by atoms with Crippen molar-refractivity contribution in [3.8, 4) is 0 Å². The van der Waals surface area contributed by atoms with Crippen LogP contribution < -0.4 is 10.9 Å². The Balaban J connectivity index is 1.27. The minimum atomic E-state index is 0.0330. The predicted molar refractivity (Wildman–Crippen MR) is 152 cm³/mol. The number of thiophene rings is 1. The zero-order valence-electron chi connectivity index (χ0n) is 20.9. The van der Waals surface area contributed by atoms with E-state index in [1.165, 1.54) is 41.5 Å². The van der Waals surface area contributed by atoms with E-state index >= 15 is 0 Å². The van der Waals surface area contributed by atoms with E-state index in [1.54, 1.807) is 0 Å². The van der Waals surface area contributed by atoms with E-state index in [2.05, 4.69) is 40.5 Å².